The first kappa shape index (κ1) is 13.5. The van der Waals surface area contributed by atoms with Gasteiger partial charge in [0, 0.05) is 24.7 Å². The Morgan fingerprint density at radius 1 is 1.30 bits per heavy atom. The normalized spacial score (nSPS) is 28.9. The number of nitrogens with one attached hydrogen (secondary N) is 3. The summed E-state index contributed by atoms with van der Waals surface area (Å²) in [4.78, 5) is 16.2. The molecule has 108 valence electrons. The standard InChI is InChI=1S/C15H22N4O/c20-15(17-10-11-5-3-4-8-16-11)9-14-12-6-1-2-7-13(12)18-19-14/h3-5,8,12-14,18-19H,1-2,6-7,9-10H2,(H,17,20). The van der Waals surface area contributed by atoms with E-state index < -0.39 is 0 Å². The summed E-state index contributed by atoms with van der Waals surface area (Å²) >= 11 is 0. The summed E-state index contributed by atoms with van der Waals surface area (Å²) in [6, 6.07) is 6.56. The number of hydrogen-bond donors (Lipinski definition) is 3. The summed E-state index contributed by atoms with van der Waals surface area (Å²) in [6.07, 6.45) is 7.33. The Kier molecular flexibility index (Phi) is 4.28. The number of hydrogen-bond acceptors (Lipinski definition) is 4. The number of pyridine rings is 1. The lowest BCUT2D eigenvalue weighted by Gasteiger charge is -2.26. The summed E-state index contributed by atoms with van der Waals surface area (Å²) in [5.41, 5.74) is 7.54. The topological polar surface area (TPSA) is 66.1 Å². The molecule has 2 heterocycles. The van der Waals surface area contributed by atoms with Crippen LogP contribution in [-0.2, 0) is 11.3 Å². The van der Waals surface area contributed by atoms with E-state index in [2.05, 4.69) is 21.2 Å². The molecule has 1 saturated heterocycles. The smallest absolute Gasteiger partial charge is 0.221 e. The number of amides is 1. The maximum absolute atomic E-state index is 12.0. The maximum atomic E-state index is 12.0. The number of carbonyl (C=O) groups excluding carboxylic acids is 1. The average molecular weight is 274 g/mol. The van der Waals surface area contributed by atoms with Crippen molar-refractivity contribution in [3.63, 3.8) is 0 Å². The van der Waals surface area contributed by atoms with Crippen molar-refractivity contribution in [2.24, 2.45) is 5.92 Å². The Bertz CT molecular complexity index is 450. The zero-order chi connectivity index (χ0) is 13.8. The van der Waals surface area contributed by atoms with E-state index in [4.69, 9.17) is 0 Å². The highest BCUT2D eigenvalue weighted by Crippen LogP contribution is 2.31. The van der Waals surface area contributed by atoms with Gasteiger partial charge in [0.05, 0.1) is 12.2 Å². The van der Waals surface area contributed by atoms with Gasteiger partial charge in [-0.05, 0) is 30.9 Å². The molecular weight excluding hydrogens is 252 g/mol. The van der Waals surface area contributed by atoms with Crippen LogP contribution in [0.1, 0.15) is 37.8 Å². The SMILES string of the molecule is O=C(CC1NNC2CCCCC21)NCc1ccccn1. The molecule has 3 N–H and O–H groups in total. The number of hydrazine groups is 1. The van der Waals surface area contributed by atoms with Crippen molar-refractivity contribution in [2.45, 2.75) is 50.7 Å². The predicted molar refractivity (Wildman–Crippen MR) is 76.5 cm³/mol. The average Bonchev–Trinajstić information content (AvgIpc) is 2.90. The van der Waals surface area contributed by atoms with Crippen LogP contribution in [0.25, 0.3) is 0 Å². The molecular formula is C15H22N4O. The lowest BCUT2D eigenvalue weighted by molar-refractivity contribution is -0.122. The van der Waals surface area contributed by atoms with Crippen LogP contribution in [0.5, 0.6) is 0 Å². The van der Waals surface area contributed by atoms with Gasteiger partial charge in [0.25, 0.3) is 0 Å². The number of rotatable bonds is 4. The lowest BCUT2D eigenvalue weighted by atomic mass is 9.81. The third-order valence-corrected chi connectivity index (χ3v) is 4.39. The molecule has 0 bridgehead atoms. The second-order valence-corrected chi connectivity index (χ2v) is 5.75. The largest absolute Gasteiger partial charge is 0.350 e. The van der Waals surface area contributed by atoms with Gasteiger partial charge in [0.1, 0.15) is 0 Å². The molecule has 1 aromatic heterocycles. The number of nitrogens with zero attached hydrogens (tertiary/aromatic N) is 1. The molecule has 0 spiro atoms. The van der Waals surface area contributed by atoms with E-state index in [1.165, 1.54) is 25.7 Å². The van der Waals surface area contributed by atoms with Gasteiger partial charge >= 0.3 is 0 Å². The summed E-state index contributed by atoms with van der Waals surface area (Å²) in [5.74, 6) is 0.700. The molecule has 2 aliphatic rings. The minimum Gasteiger partial charge on any atom is -0.350 e. The molecule has 3 rings (SSSR count). The van der Waals surface area contributed by atoms with Crippen molar-refractivity contribution in [1.29, 1.82) is 0 Å². The molecule has 3 atom stereocenters. The van der Waals surface area contributed by atoms with Crippen LogP contribution in [0.4, 0.5) is 0 Å². The van der Waals surface area contributed by atoms with Gasteiger partial charge in [-0.3, -0.25) is 20.6 Å². The first-order valence-corrected chi connectivity index (χ1v) is 7.50. The molecule has 1 aliphatic heterocycles. The molecule has 1 aliphatic carbocycles. The van der Waals surface area contributed by atoms with E-state index in [0.717, 1.165) is 5.69 Å². The molecule has 20 heavy (non-hydrogen) atoms. The first-order chi connectivity index (χ1) is 9.83. The summed E-state index contributed by atoms with van der Waals surface area (Å²) in [5, 5.41) is 2.95. The van der Waals surface area contributed by atoms with E-state index in [1.807, 2.05) is 18.2 Å². The van der Waals surface area contributed by atoms with E-state index in [-0.39, 0.29) is 11.9 Å². The zero-order valence-corrected chi connectivity index (χ0v) is 11.6. The molecule has 1 aromatic rings. The van der Waals surface area contributed by atoms with Crippen LogP contribution in [0.15, 0.2) is 24.4 Å². The Labute approximate surface area is 119 Å². The second kappa shape index (κ2) is 6.33. The van der Waals surface area contributed by atoms with Crippen LogP contribution < -0.4 is 16.2 Å². The maximum Gasteiger partial charge on any atom is 0.221 e. The summed E-state index contributed by atoms with van der Waals surface area (Å²) in [7, 11) is 0. The van der Waals surface area contributed by atoms with Crippen molar-refractivity contribution in [3.8, 4) is 0 Å². The molecule has 0 aromatic carbocycles. The Morgan fingerprint density at radius 2 is 2.20 bits per heavy atom. The van der Waals surface area contributed by atoms with Crippen LogP contribution in [0.3, 0.4) is 0 Å². The molecule has 1 saturated carbocycles. The van der Waals surface area contributed by atoms with Gasteiger partial charge in [-0.1, -0.05) is 18.9 Å². The second-order valence-electron chi connectivity index (χ2n) is 5.75. The highest BCUT2D eigenvalue weighted by Gasteiger charge is 2.37. The van der Waals surface area contributed by atoms with Crippen molar-refractivity contribution < 1.29 is 4.79 Å². The zero-order valence-electron chi connectivity index (χ0n) is 11.6. The Morgan fingerprint density at radius 3 is 3.05 bits per heavy atom. The molecule has 5 nitrogen and oxygen atoms in total. The fraction of sp³-hybridized carbons (Fsp3) is 0.600. The van der Waals surface area contributed by atoms with Crippen molar-refractivity contribution in [2.75, 3.05) is 0 Å². The molecule has 3 unspecified atom stereocenters. The quantitative estimate of drug-likeness (QED) is 0.770. The minimum absolute atomic E-state index is 0.0983. The third kappa shape index (κ3) is 3.16. The van der Waals surface area contributed by atoms with Crippen molar-refractivity contribution >= 4 is 5.91 Å². The van der Waals surface area contributed by atoms with Crippen LogP contribution in [0.2, 0.25) is 0 Å². The summed E-state index contributed by atoms with van der Waals surface area (Å²) < 4.78 is 0. The van der Waals surface area contributed by atoms with Gasteiger partial charge in [0.15, 0.2) is 0 Å². The molecule has 1 amide bonds. The number of carbonyl (C=O) groups is 1. The van der Waals surface area contributed by atoms with Gasteiger partial charge in [-0.15, -0.1) is 0 Å². The molecule has 0 radical (unpaired) electrons. The molecule has 2 fully saturated rings. The van der Waals surface area contributed by atoms with Crippen LogP contribution in [-0.4, -0.2) is 23.0 Å². The predicted octanol–water partition coefficient (Wildman–Crippen LogP) is 1.12. The van der Waals surface area contributed by atoms with Gasteiger partial charge in [-0.2, -0.15) is 0 Å². The van der Waals surface area contributed by atoms with Gasteiger partial charge in [0.2, 0.25) is 5.91 Å². The lowest BCUT2D eigenvalue weighted by Crippen LogP contribution is -2.37. The van der Waals surface area contributed by atoms with Crippen molar-refractivity contribution in [1.82, 2.24) is 21.2 Å². The number of fused-ring (bicyclic) bond motifs is 1. The fourth-order valence-corrected chi connectivity index (χ4v) is 3.31. The molecule has 5 heteroatoms. The highest BCUT2D eigenvalue weighted by molar-refractivity contribution is 5.76. The highest BCUT2D eigenvalue weighted by atomic mass is 16.1. The Hall–Kier alpha value is -1.46. The van der Waals surface area contributed by atoms with Gasteiger partial charge < -0.3 is 5.32 Å². The van der Waals surface area contributed by atoms with Crippen LogP contribution >= 0.6 is 0 Å². The van der Waals surface area contributed by atoms with E-state index in [1.54, 1.807) is 6.20 Å². The first-order valence-electron chi connectivity index (χ1n) is 7.50. The van der Waals surface area contributed by atoms with E-state index in [0.29, 0.717) is 24.9 Å². The number of aromatic nitrogens is 1. The summed E-state index contributed by atoms with van der Waals surface area (Å²) in [6.45, 7) is 0.508. The monoisotopic (exact) mass is 274 g/mol. The minimum atomic E-state index is 0.0983. The Balaban J connectivity index is 1.47. The van der Waals surface area contributed by atoms with Gasteiger partial charge in [-0.25, -0.2) is 0 Å². The van der Waals surface area contributed by atoms with Crippen LogP contribution in [0, 0.1) is 5.92 Å². The van der Waals surface area contributed by atoms with E-state index in [9.17, 15) is 4.79 Å². The van der Waals surface area contributed by atoms with E-state index >= 15 is 0 Å². The van der Waals surface area contributed by atoms with Crippen molar-refractivity contribution in [3.05, 3.63) is 30.1 Å². The third-order valence-electron chi connectivity index (χ3n) is 4.39. The fourth-order valence-electron chi connectivity index (χ4n) is 3.31.